The van der Waals surface area contributed by atoms with Gasteiger partial charge in [0.25, 0.3) is 11.1 Å². The lowest BCUT2D eigenvalue weighted by Crippen LogP contribution is -2.36. The van der Waals surface area contributed by atoms with Crippen molar-refractivity contribution in [2.75, 3.05) is 11.9 Å². The van der Waals surface area contributed by atoms with Crippen molar-refractivity contribution in [3.63, 3.8) is 0 Å². The number of nitrogens with zero attached hydrogens (tertiary/aromatic N) is 2. The maximum Gasteiger partial charge on any atom is 0.311 e. The van der Waals surface area contributed by atoms with Gasteiger partial charge in [-0.1, -0.05) is 29.8 Å². The van der Waals surface area contributed by atoms with Crippen LogP contribution in [0.4, 0.5) is 16.2 Å². The molecule has 0 aliphatic carbocycles. The molecule has 2 aromatic rings. The van der Waals surface area contributed by atoms with Crippen LogP contribution in [0.2, 0.25) is 5.02 Å². The van der Waals surface area contributed by atoms with Gasteiger partial charge in [-0.05, 0) is 41.6 Å². The van der Waals surface area contributed by atoms with E-state index in [4.69, 9.17) is 11.6 Å². The molecular weight excluding hydrogens is 422 g/mol. The van der Waals surface area contributed by atoms with Crippen molar-refractivity contribution in [1.82, 2.24) is 4.90 Å². The topological polar surface area (TPSA) is 130 Å². The zero-order valence-corrected chi connectivity index (χ0v) is 16.1. The lowest BCUT2D eigenvalue weighted by molar-refractivity contribution is -0.385. The fraction of sp³-hybridized carbons (Fsp3) is 0.0556. The van der Waals surface area contributed by atoms with E-state index in [1.54, 1.807) is 24.3 Å². The summed E-state index contributed by atoms with van der Waals surface area (Å²) in [5.41, 5.74) is 0.0655. The van der Waals surface area contributed by atoms with Crippen LogP contribution in [-0.2, 0) is 9.59 Å². The molecule has 1 aliphatic rings. The van der Waals surface area contributed by atoms with Crippen molar-refractivity contribution in [3.05, 3.63) is 68.1 Å². The van der Waals surface area contributed by atoms with Crippen LogP contribution < -0.4 is 5.32 Å². The number of nitro groups is 1. The molecule has 0 atom stereocenters. The van der Waals surface area contributed by atoms with E-state index in [1.165, 1.54) is 12.1 Å². The van der Waals surface area contributed by atoms with Crippen LogP contribution in [0, 0.1) is 10.1 Å². The van der Waals surface area contributed by atoms with Gasteiger partial charge in [0.05, 0.1) is 20.5 Å². The molecule has 29 heavy (non-hydrogen) atoms. The van der Waals surface area contributed by atoms with Gasteiger partial charge in [-0.15, -0.1) is 0 Å². The maximum absolute atomic E-state index is 12.5. The highest BCUT2D eigenvalue weighted by Gasteiger charge is 2.36. The number of carbonyl (C=O) groups is 3. The van der Waals surface area contributed by atoms with Crippen LogP contribution in [0.3, 0.4) is 0 Å². The summed E-state index contributed by atoms with van der Waals surface area (Å²) in [5.74, 6) is -1.83. The Labute approximate surface area is 173 Å². The van der Waals surface area contributed by atoms with Gasteiger partial charge >= 0.3 is 5.69 Å². The van der Waals surface area contributed by atoms with Gasteiger partial charge in [0.15, 0.2) is 5.75 Å². The molecule has 0 bridgehead atoms. The summed E-state index contributed by atoms with van der Waals surface area (Å²) in [6.07, 6.45) is 1.28. The quantitative estimate of drug-likeness (QED) is 0.418. The van der Waals surface area contributed by atoms with Crippen molar-refractivity contribution in [2.45, 2.75) is 0 Å². The second-order valence-corrected chi connectivity index (χ2v) is 7.20. The zero-order valence-electron chi connectivity index (χ0n) is 14.5. The molecule has 0 aromatic heterocycles. The number of nitrogens with one attached hydrogen (secondary N) is 1. The fourth-order valence-electron chi connectivity index (χ4n) is 2.46. The standard InChI is InChI=1S/C18H12ClN3O6S/c19-11-3-1-2-4-12(11)20-16(24)9-21-17(25)15(29-18(21)26)8-10-5-6-14(23)13(7-10)22(27)28/h1-8,23H,9H2,(H,20,24)/b15-8+. The lowest BCUT2D eigenvalue weighted by Gasteiger charge is -2.13. The Morgan fingerprint density at radius 1 is 1.28 bits per heavy atom. The van der Waals surface area contributed by atoms with Crippen molar-refractivity contribution < 1.29 is 24.4 Å². The minimum absolute atomic E-state index is 0.000492. The number of halogens is 1. The Morgan fingerprint density at radius 2 is 2.00 bits per heavy atom. The maximum atomic E-state index is 12.5. The summed E-state index contributed by atoms with van der Waals surface area (Å²) in [6, 6.07) is 10.1. The highest BCUT2D eigenvalue weighted by atomic mass is 35.5. The molecule has 2 aromatic carbocycles. The molecule has 1 aliphatic heterocycles. The number of hydrogen-bond donors (Lipinski definition) is 2. The Bertz CT molecular complexity index is 1070. The summed E-state index contributed by atoms with van der Waals surface area (Å²) in [5, 5.41) is 22.6. The van der Waals surface area contributed by atoms with Crippen molar-refractivity contribution in [2.24, 2.45) is 0 Å². The minimum atomic E-state index is -0.766. The fourth-order valence-corrected chi connectivity index (χ4v) is 3.48. The van der Waals surface area contributed by atoms with Gasteiger partial charge in [-0.2, -0.15) is 0 Å². The van der Waals surface area contributed by atoms with Gasteiger partial charge in [0.1, 0.15) is 6.54 Å². The van der Waals surface area contributed by atoms with Gasteiger partial charge in [-0.3, -0.25) is 29.4 Å². The van der Waals surface area contributed by atoms with E-state index in [1.807, 2.05) is 0 Å². The molecule has 1 heterocycles. The minimum Gasteiger partial charge on any atom is -0.502 e. The monoisotopic (exact) mass is 433 g/mol. The second-order valence-electron chi connectivity index (χ2n) is 5.80. The molecule has 1 fully saturated rings. The van der Waals surface area contributed by atoms with E-state index < -0.39 is 40.0 Å². The molecule has 3 rings (SSSR count). The summed E-state index contributed by atoms with van der Waals surface area (Å²) in [6.45, 7) is -0.511. The van der Waals surface area contributed by atoms with E-state index >= 15 is 0 Å². The first-order chi connectivity index (χ1) is 13.8. The first-order valence-corrected chi connectivity index (χ1v) is 9.23. The van der Waals surface area contributed by atoms with E-state index in [9.17, 15) is 29.6 Å². The molecule has 0 spiro atoms. The number of phenolic OH excluding ortho intramolecular Hbond substituents is 1. The van der Waals surface area contributed by atoms with Crippen LogP contribution in [0.1, 0.15) is 5.56 Å². The van der Waals surface area contributed by atoms with E-state index in [2.05, 4.69) is 5.32 Å². The number of rotatable bonds is 5. The van der Waals surface area contributed by atoms with Crippen LogP contribution in [0.25, 0.3) is 6.08 Å². The molecular formula is C18H12ClN3O6S. The average Bonchev–Trinajstić information content (AvgIpc) is 2.92. The number of amides is 3. The average molecular weight is 434 g/mol. The number of nitro benzene ring substituents is 1. The van der Waals surface area contributed by atoms with Crippen LogP contribution in [0.5, 0.6) is 5.75 Å². The number of carbonyl (C=O) groups excluding carboxylic acids is 3. The molecule has 0 saturated carbocycles. The van der Waals surface area contributed by atoms with Crippen LogP contribution in [0.15, 0.2) is 47.4 Å². The lowest BCUT2D eigenvalue weighted by atomic mass is 10.1. The number of anilines is 1. The summed E-state index contributed by atoms with van der Waals surface area (Å²) < 4.78 is 0. The number of hydrogen-bond acceptors (Lipinski definition) is 7. The Morgan fingerprint density at radius 3 is 2.69 bits per heavy atom. The molecule has 1 saturated heterocycles. The Hall–Kier alpha value is -3.37. The number of aromatic hydroxyl groups is 1. The molecule has 11 heteroatoms. The van der Waals surface area contributed by atoms with Crippen LogP contribution in [-0.4, -0.2) is 38.5 Å². The van der Waals surface area contributed by atoms with Gasteiger partial charge < -0.3 is 10.4 Å². The van der Waals surface area contributed by atoms with Gasteiger partial charge in [-0.25, -0.2) is 0 Å². The van der Waals surface area contributed by atoms with E-state index in [-0.39, 0.29) is 10.5 Å². The van der Waals surface area contributed by atoms with Gasteiger partial charge in [0.2, 0.25) is 5.91 Å². The van der Waals surface area contributed by atoms with Gasteiger partial charge in [0, 0.05) is 6.07 Å². The summed E-state index contributed by atoms with van der Waals surface area (Å²) >= 11 is 6.57. The highest BCUT2D eigenvalue weighted by molar-refractivity contribution is 8.18. The third-order valence-electron chi connectivity index (χ3n) is 3.82. The number of phenols is 1. The molecule has 3 amide bonds. The number of thioether (sulfide) groups is 1. The van der Waals surface area contributed by atoms with E-state index in [0.717, 1.165) is 17.0 Å². The van der Waals surface area contributed by atoms with Crippen LogP contribution >= 0.6 is 23.4 Å². The number of imide groups is 1. The Kier molecular flexibility index (Phi) is 5.85. The van der Waals surface area contributed by atoms with E-state index in [0.29, 0.717) is 22.5 Å². The SMILES string of the molecule is O=C(CN1C(=O)S/C(=C/c2ccc(O)c([N+](=O)[O-])c2)C1=O)Nc1ccccc1Cl. The predicted octanol–water partition coefficient (Wildman–Crippen LogP) is 3.63. The molecule has 0 unspecified atom stereocenters. The number of benzene rings is 2. The Balaban J connectivity index is 1.75. The molecule has 9 nitrogen and oxygen atoms in total. The first kappa shape index (κ1) is 20.4. The summed E-state index contributed by atoms with van der Waals surface area (Å²) in [4.78, 5) is 47.7. The summed E-state index contributed by atoms with van der Waals surface area (Å²) in [7, 11) is 0. The molecule has 2 N–H and O–H groups in total. The third kappa shape index (κ3) is 4.55. The molecule has 148 valence electrons. The van der Waals surface area contributed by atoms with Crippen molar-refractivity contribution >= 4 is 57.9 Å². The van der Waals surface area contributed by atoms with Crippen molar-refractivity contribution in [3.8, 4) is 5.75 Å². The largest absolute Gasteiger partial charge is 0.502 e. The molecule has 0 radical (unpaired) electrons. The smallest absolute Gasteiger partial charge is 0.311 e. The normalized spacial score (nSPS) is 15.1. The predicted molar refractivity (Wildman–Crippen MR) is 108 cm³/mol. The number of para-hydroxylation sites is 1. The second kappa shape index (κ2) is 8.33. The first-order valence-electron chi connectivity index (χ1n) is 8.03. The van der Waals surface area contributed by atoms with Crippen molar-refractivity contribution in [1.29, 1.82) is 0 Å². The third-order valence-corrected chi connectivity index (χ3v) is 5.05. The zero-order chi connectivity index (χ0) is 21.1. The highest BCUT2D eigenvalue weighted by Crippen LogP contribution is 2.34.